The van der Waals surface area contributed by atoms with Crippen LogP contribution in [0.25, 0.3) is 0 Å². The van der Waals surface area contributed by atoms with Crippen LogP contribution < -0.4 is 9.47 Å². The van der Waals surface area contributed by atoms with E-state index in [2.05, 4.69) is 18.9 Å². The molecule has 0 fully saturated rings. The molecule has 252 valence electrons. The van der Waals surface area contributed by atoms with E-state index in [0.29, 0.717) is 0 Å². The minimum absolute atomic E-state index is 0.0577. The minimum Gasteiger partial charge on any atom is -0.451 e. The molecule has 0 radical (unpaired) electrons. The molecule has 0 amide bonds. The van der Waals surface area contributed by atoms with Crippen LogP contribution in [-0.4, -0.2) is 36.3 Å². The van der Waals surface area contributed by atoms with Crippen molar-refractivity contribution >= 4 is 0 Å². The van der Waals surface area contributed by atoms with Gasteiger partial charge >= 0.3 is 36.3 Å². The zero-order chi connectivity index (χ0) is 34.5. The molecular weight excluding hydrogens is 640 g/mol. The first-order chi connectivity index (χ1) is 20.5. The fourth-order valence-corrected chi connectivity index (χ4v) is 3.55. The van der Waals surface area contributed by atoms with Gasteiger partial charge in [0.1, 0.15) is 11.5 Å². The molecule has 0 aromatic heterocycles. The summed E-state index contributed by atoms with van der Waals surface area (Å²) in [7, 11) is 0. The second kappa shape index (κ2) is 13.3. The maximum atomic E-state index is 14.5. The summed E-state index contributed by atoms with van der Waals surface area (Å²) in [6.45, 7) is 5.94. The first-order valence-electron chi connectivity index (χ1n) is 13.0. The van der Waals surface area contributed by atoms with E-state index in [1.165, 1.54) is 27.7 Å². The van der Waals surface area contributed by atoms with Crippen molar-refractivity contribution in [3.8, 4) is 11.5 Å². The average Bonchev–Trinajstić information content (AvgIpc) is 2.92. The standard InChI is InChI=1S/C29H28F12O4/c1-5-7-17-42-24(30,26(32,33)34)28(38,39)44-21-13-9-19(10-14-21)23(3,4)20-11-15-22(16-12-20)45-29(40,41)25(31,27(35,36)37)43-18-8-6-2/h7-18H,5-6H2,1-4H3. The molecular formula is C29H28F12O4. The number of hydrogen-bond donors (Lipinski definition) is 0. The van der Waals surface area contributed by atoms with Gasteiger partial charge in [-0.05, 0) is 60.4 Å². The Morgan fingerprint density at radius 1 is 0.511 bits per heavy atom. The Morgan fingerprint density at radius 3 is 1.04 bits per heavy atom. The lowest BCUT2D eigenvalue weighted by molar-refractivity contribution is -0.429. The van der Waals surface area contributed by atoms with Crippen LogP contribution in [0.5, 0.6) is 11.5 Å². The fraction of sp³-hybridized carbons (Fsp3) is 0.448. The Kier molecular flexibility index (Phi) is 11.1. The van der Waals surface area contributed by atoms with Crippen LogP contribution in [0.15, 0.2) is 73.2 Å². The molecule has 0 bridgehead atoms. The van der Waals surface area contributed by atoms with Crippen LogP contribution in [0.1, 0.15) is 51.7 Å². The molecule has 0 spiro atoms. The highest BCUT2D eigenvalue weighted by Gasteiger charge is 2.77. The molecule has 45 heavy (non-hydrogen) atoms. The van der Waals surface area contributed by atoms with Crippen molar-refractivity contribution < 1.29 is 71.6 Å². The van der Waals surface area contributed by atoms with Crippen LogP contribution in [0, 0.1) is 0 Å². The molecule has 2 atom stereocenters. The second-order valence-corrected chi connectivity index (χ2v) is 9.89. The summed E-state index contributed by atoms with van der Waals surface area (Å²) in [6.07, 6.45) is -21.4. The number of halogens is 12. The lowest BCUT2D eigenvalue weighted by Crippen LogP contribution is -2.59. The summed E-state index contributed by atoms with van der Waals surface area (Å²) in [6, 6.07) is 7.79. The number of rotatable bonds is 14. The first-order valence-corrected chi connectivity index (χ1v) is 13.0. The summed E-state index contributed by atoms with van der Waals surface area (Å²) in [5.41, 5.74) is -0.522. The normalized spacial score (nSPS) is 16.4. The van der Waals surface area contributed by atoms with E-state index in [0.717, 1.165) is 60.7 Å². The van der Waals surface area contributed by atoms with Gasteiger partial charge < -0.3 is 18.9 Å². The van der Waals surface area contributed by atoms with Crippen molar-refractivity contribution in [3.05, 3.63) is 84.3 Å². The van der Waals surface area contributed by atoms with Crippen molar-refractivity contribution in [3.63, 3.8) is 0 Å². The van der Waals surface area contributed by atoms with Gasteiger partial charge in [-0.1, -0.05) is 52.0 Å². The van der Waals surface area contributed by atoms with Crippen LogP contribution >= 0.6 is 0 Å². The number of ether oxygens (including phenoxy) is 4. The van der Waals surface area contributed by atoms with Crippen LogP contribution in [0.3, 0.4) is 0 Å². The topological polar surface area (TPSA) is 36.9 Å². The maximum Gasteiger partial charge on any atom is 0.481 e. The Bertz CT molecular complexity index is 1200. The summed E-state index contributed by atoms with van der Waals surface area (Å²) in [5, 5.41) is 0. The number of benzene rings is 2. The van der Waals surface area contributed by atoms with Gasteiger partial charge in [0, 0.05) is 5.41 Å². The molecule has 0 aliphatic carbocycles. The zero-order valence-electron chi connectivity index (χ0n) is 24.0. The molecule has 0 aliphatic heterocycles. The number of allylic oxidation sites excluding steroid dienone is 2. The monoisotopic (exact) mass is 668 g/mol. The Labute approximate surface area is 250 Å². The van der Waals surface area contributed by atoms with E-state index in [4.69, 9.17) is 0 Å². The molecule has 0 N–H and O–H groups in total. The van der Waals surface area contributed by atoms with Gasteiger partial charge in [0.2, 0.25) is 0 Å². The van der Waals surface area contributed by atoms with Gasteiger partial charge in [-0.2, -0.15) is 52.7 Å². The first kappa shape index (κ1) is 37.5. The van der Waals surface area contributed by atoms with Crippen LogP contribution in [-0.2, 0) is 14.9 Å². The highest BCUT2D eigenvalue weighted by molar-refractivity contribution is 5.42. The third-order valence-corrected chi connectivity index (χ3v) is 6.25. The van der Waals surface area contributed by atoms with Gasteiger partial charge in [-0.25, -0.2) is 0 Å². The predicted molar refractivity (Wildman–Crippen MR) is 137 cm³/mol. The van der Waals surface area contributed by atoms with Crippen molar-refractivity contribution in [2.75, 3.05) is 0 Å². The average molecular weight is 669 g/mol. The van der Waals surface area contributed by atoms with E-state index in [9.17, 15) is 52.7 Å². The Morgan fingerprint density at radius 2 is 0.800 bits per heavy atom. The molecule has 2 aromatic carbocycles. The highest BCUT2D eigenvalue weighted by atomic mass is 19.4. The van der Waals surface area contributed by atoms with E-state index in [1.807, 2.05) is 0 Å². The smallest absolute Gasteiger partial charge is 0.451 e. The second-order valence-electron chi connectivity index (χ2n) is 9.89. The molecule has 16 heteroatoms. The lowest BCUT2D eigenvalue weighted by Gasteiger charge is -2.33. The molecule has 0 saturated heterocycles. The summed E-state index contributed by atoms with van der Waals surface area (Å²) >= 11 is 0. The summed E-state index contributed by atoms with van der Waals surface area (Å²) in [4.78, 5) is 0. The lowest BCUT2D eigenvalue weighted by atomic mass is 9.78. The highest BCUT2D eigenvalue weighted by Crippen LogP contribution is 2.49. The summed E-state index contributed by atoms with van der Waals surface area (Å²) < 4.78 is 181. The largest absolute Gasteiger partial charge is 0.481 e. The molecule has 0 saturated carbocycles. The molecule has 2 aromatic rings. The molecule has 4 nitrogen and oxygen atoms in total. The van der Waals surface area contributed by atoms with Gasteiger partial charge in [0.25, 0.3) is 0 Å². The number of alkyl halides is 12. The molecule has 0 aliphatic rings. The van der Waals surface area contributed by atoms with E-state index in [1.54, 1.807) is 0 Å². The molecule has 0 heterocycles. The Hall–Kier alpha value is -3.72. The van der Waals surface area contributed by atoms with Gasteiger partial charge in [0.15, 0.2) is 0 Å². The third-order valence-electron chi connectivity index (χ3n) is 6.25. The van der Waals surface area contributed by atoms with E-state index in [-0.39, 0.29) is 36.5 Å². The molecule has 2 unspecified atom stereocenters. The minimum atomic E-state index is -6.20. The quantitative estimate of drug-likeness (QED) is 0.148. The third kappa shape index (κ3) is 7.93. The van der Waals surface area contributed by atoms with Crippen molar-refractivity contribution in [1.82, 2.24) is 0 Å². The van der Waals surface area contributed by atoms with Crippen molar-refractivity contribution in [2.24, 2.45) is 0 Å². The van der Waals surface area contributed by atoms with Gasteiger partial charge in [-0.3, -0.25) is 0 Å². The fourth-order valence-electron chi connectivity index (χ4n) is 3.55. The number of hydrogen-bond acceptors (Lipinski definition) is 4. The Balaban J connectivity index is 2.29. The predicted octanol–water partition coefficient (Wildman–Crippen LogP) is 10.3. The van der Waals surface area contributed by atoms with Crippen molar-refractivity contribution in [1.29, 1.82) is 0 Å². The SMILES string of the molecule is CCC=COC(F)(C(F)(F)F)C(F)(F)Oc1ccc(C(C)(C)c2ccc(OC(F)(F)C(F)(OC=CCC)C(F)(F)F)cc2)cc1. The molecule has 2 rings (SSSR count). The van der Waals surface area contributed by atoms with Gasteiger partial charge in [0.05, 0.1) is 12.5 Å². The van der Waals surface area contributed by atoms with Gasteiger partial charge in [-0.15, -0.1) is 0 Å². The maximum absolute atomic E-state index is 14.5. The van der Waals surface area contributed by atoms with E-state index >= 15 is 0 Å². The zero-order valence-corrected chi connectivity index (χ0v) is 24.0. The summed E-state index contributed by atoms with van der Waals surface area (Å²) in [5.74, 6) is -12.8. The van der Waals surface area contributed by atoms with Crippen molar-refractivity contribution in [2.45, 2.75) is 82.2 Å². The van der Waals surface area contributed by atoms with Crippen LogP contribution in [0.4, 0.5) is 52.7 Å². The van der Waals surface area contributed by atoms with E-state index < -0.39 is 53.2 Å². The van der Waals surface area contributed by atoms with Crippen LogP contribution in [0.2, 0.25) is 0 Å².